The maximum atomic E-state index is 14.6. The number of halogens is 1. The molecule has 6 heteroatoms. The van der Waals surface area contributed by atoms with Crippen molar-refractivity contribution < 1.29 is 18.6 Å². The van der Waals surface area contributed by atoms with Crippen molar-refractivity contribution in [2.24, 2.45) is 5.73 Å². The van der Waals surface area contributed by atoms with Gasteiger partial charge in [-0.25, -0.2) is 9.37 Å². The summed E-state index contributed by atoms with van der Waals surface area (Å²) >= 11 is 0. The van der Waals surface area contributed by atoms with Crippen LogP contribution in [0.3, 0.4) is 0 Å². The molecule has 0 fully saturated rings. The Labute approximate surface area is 134 Å². The van der Waals surface area contributed by atoms with Crippen molar-refractivity contribution in [1.82, 2.24) is 4.98 Å². The number of pyridine rings is 1. The van der Waals surface area contributed by atoms with Crippen molar-refractivity contribution in [1.29, 1.82) is 0 Å². The number of fused-ring (bicyclic) bond motifs is 1. The molecule has 0 saturated carbocycles. The molecule has 122 valence electrons. The van der Waals surface area contributed by atoms with Gasteiger partial charge in [0, 0.05) is 24.4 Å². The highest BCUT2D eigenvalue weighted by Crippen LogP contribution is 2.43. The zero-order valence-corrected chi connectivity index (χ0v) is 13.4. The van der Waals surface area contributed by atoms with Gasteiger partial charge in [-0.2, -0.15) is 0 Å². The number of methoxy groups -OCH3 is 1. The quantitative estimate of drug-likeness (QED) is 0.942. The van der Waals surface area contributed by atoms with E-state index in [-0.39, 0.29) is 18.9 Å². The van der Waals surface area contributed by atoms with Crippen LogP contribution in [0.4, 0.5) is 4.39 Å². The molecule has 2 aromatic rings. The van der Waals surface area contributed by atoms with Gasteiger partial charge in [-0.3, -0.25) is 0 Å². The second-order valence-electron chi connectivity index (χ2n) is 5.46. The fraction of sp³-hybridized carbons (Fsp3) is 0.353. The van der Waals surface area contributed by atoms with Gasteiger partial charge in [0.2, 0.25) is 5.88 Å². The van der Waals surface area contributed by atoms with Gasteiger partial charge < -0.3 is 19.9 Å². The number of aromatic nitrogens is 1. The van der Waals surface area contributed by atoms with Crippen molar-refractivity contribution in [3.8, 4) is 17.4 Å². The summed E-state index contributed by atoms with van der Waals surface area (Å²) < 4.78 is 31.3. The highest BCUT2D eigenvalue weighted by molar-refractivity contribution is 5.55. The van der Waals surface area contributed by atoms with Crippen molar-refractivity contribution in [3.05, 3.63) is 46.4 Å². The van der Waals surface area contributed by atoms with E-state index in [1.54, 1.807) is 26.3 Å². The zero-order valence-electron chi connectivity index (χ0n) is 13.4. The third kappa shape index (κ3) is 2.59. The maximum Gasteiger partial charge on any atom is 0.212 e. The Morgan fingerprint density at radius 1 is 1.30 bits per heavy atom. The van der Waals surface area contributed by atoms with Crippen molar-refractivity contribution in [2.45, 2.75) is 26.5 Å². The third-order valence-electron chi connectivity index (χ3n) is 4.16. The molecule has 1 aliphatic rings. The second-order valence-corrected chi connectivity index (χ2v) is 5.46. The molecule has 2 N–H and O–H groups in total. The third-order valence-corrected chi connectivity index (χ3v) is 4.16. The molecule has 0 saturated heterocycles. The van der Waals surface area contributed by atoms with Crippen LogP contribution in [0.2, 0.25) is 0 Å². The fourth-order valence-electron chi connectivity index (χ4n) is 2.78. The van der Waals surface area contributed by atoms with Crippen LogP contribution in [0.5, 0.6) is 17.4 Å². The molecule has 1 atom stereocenters. The SMILES string of the molecule is COc1ccc(C2COc3c(C)c(CN)c(C)c(F)c3O2)cn1. The van der Waals surface area contributed by atoms with E-state index in [9.17, 15) is 4.39 Å². The molecule has 2 heterocycles. The summed E-state index contributed by atoms with van der Waals surface area (Å²) in [6, 6.07) is 3.56. The number of nitrogens with two attached hydrogens (primary N) is 1. The van der Waals surface area contributed by atoms with E-state index >= 15 is 0 Å². The van der Waals surface area contributed by atoms with Gasteiger partial charge in [-0.1, -0.05) is 0 Å². The minimum Gasteiger partial charge on any atom is -0.485 e. The van der Waals surface area contributed by atoms with Crippen LogP contribution in [-0.4, -0.2) is 18.7 Å². The summed E-state index contributed by atoms with van der Waals surface area (Å²) in [4.78, 5) is 4.15. The molecular weight excluding hydrogens is 299 g/mol. The first kappa shape index (κ1) is 15.6. The Morgan fingerprint density at radius 3 is 2.70 bits per heavy atom. The summed E-state index contributed by atoms with van der Waals surface area (Å²) in [5.74, 6) is 0.670. The number of ether oxygens (including phenoxy) is 3. The lowest BCUT2D eigenvalue weighted by Crippen LogP contribution is -2.24. The number of hydrogen-bond acceptors (Lipinski definition) is 5. The largest absolute Gasteiger partial charge is 0.485 e. The summed E-state index contributed by atoms with van der Waals surface area (Å²) in [6.07, 6.45) is 1.22. The monoisotopic (exact) mass is 318 g/mol. The van der Waals surface area contributed by atoms with Gasteiger partial charge in [0.25, 0.3) is 0 Å². The first-order valence-electron chi connectivity index (χ1n) is 7.37. The van der Waals surface area contributed by atoms with Gasteiger partial charge >= 0.3 is 0 Å². The molecule has 1 unspecified atom stereocenters. The fourth-order valence-corrected chi connectivity index (χ4v) is 2.78. The Hall–Kier alpha value is -2.34. The van der Waals surface area contributed by atoms with E-state index in [1.807, 2.05) is 13.0 Å². The molecule has 0 amide bonds. The molecule has 0 bridgehead atoms. The van der Waals surface area contributed by atoms with Crippen molar-refractivity contribution >= 4 is 0 Å². The average molecular weight is 318 g/mol. The normalized spacial score (nSPS) is 16.3. The minimum atomic E-state index is -0.419. The standard InChI is InChI=1S/C17H19FN2O3/c1-9-12(6-19)10(2)16-17(15(9)18)23-13(8-22-16)11-4-5-14(21-3)20-7-11/h4-5,7,13H,6,8,19H2,1-3H3. The highest BCUT2D eigenvalue weighted by Gasteiger charge is 2.30. The first-order chi connectivity index (χ1) is 11.1. The van der Waals surface area contributed by atoms with Gasteiger partial charge in [0.05, 0.1) is 7.11 Å². The summed E-state index contributed by atoms with van der Waals surface area (Å²) in [7, 11) is 1.55. The van der Waals surface area contributed by atoms with E-state index in [0.29, 0.717) is 17.2 Å². The molecular formula is C17H19FN2O3. The topological polar surface area (TPSA) is 66.6 Å². The number of rotatable bonds is 3. The second kappa shape index (κ2) is 6.04. The Morgan fingerprint density at radius 2 is 2.09 bits per heavy atom. The van der Waals surface area contributed by atoms with Crippen LogP contribution in [0.25, 0.3) is 0 Å². The number of benzene rings is 1. The molecule has 0 radical (unpaired) electrons. The summed E-state index contributed by atoms with van der Waals surface area (Å²) in [5, 5.41) is 0. The predicted octanol–water partition coefficient (Wildman–Crippen LogP) is 2.82. The summed E-state index contributed by atoms with van der Waals surface area (Å²) in [5.41, 5.74) is 8.60. The van der Waals surface area contributed by atoms with E-state index in [1.165, 1.54) is 0 Å². The lowest BCUT2D eigenvalue weighted by molar-refractivity contribution is 0.0843. The van der Waals surface area contributed by atoms with Crippen LogP contribution in [0.1, 0.15) is 28.4 Å². The molecule has 3 rings (SSSR count). The molecule has 0 spiro atoms. The number of nitrogens with zero attached hydrogens (tertiary/aromatic N) is 1. The van der Waals surface area contributed by atoms with Crippen LogP contribution in [0, 0.1) is 19.7 Å². The number of hydrogen-bond donors (Lipinski definition) is 1. The Kier molecular flexibility index (Phi) is 4.09. The Bertz CT molecular complexity index is 732. The summed E-state index contributed by atoms with van der Waals surface area (Å²) in [6.45, 7) is 4.12. The van der Waals surface area contributed by atoms with Gasteiger partial charge in [0.15, 0.2) is 23.4 Å². The van der Waals surface area contributed by atoms with E-state index < -0.39 is 11.9 Å². The van der Waals surface area contributed by atoms with Crippen LogP contribution < -0.4 is 19.9 Å². The molecule has 5 nitrogen and oxygen atoms in total. The van der Waals surface area contributed by atoms with Gasteiger partial charge in [0.1, 0.15) is 6.61 Å². The van der Waals surface area contributed by atoms with E-state index in [0.717, 1.165) is 16.7 Å². The highest BCUT2D eigenvalue weighted by atomic mass is 19.1. The molecule has 23 heavy (non-hydrogen) atoms. The van der Waals surface area contributed by atoms with Crippen LogP contribution in [-0.2, 0) is 6.54 Å². The lowest BCUT2D eigenvalue weighted by atomic mass is 9.99. The minimum absolute atomic E-state index is 0.143. The lowest BCUT2D eigenvalue weighted by Gasteiger charge is -2.29. The molecule has 0 aliphatic carbocycles. The van der Waals surface area contributed by atoms with E-state index in [4.69, 9.17) is 19.9 Å². The Balaban J connectivity index is 1.97. The maximum absolute atomic E-state index is 14.6. The van der Waals surface area contributed by atoms with Crippen LogP contribution >= 0.6 is 0 Å². The first-order valence-corrected chi connectivity index (χ1v) is 7.37. The zero-order chi connectivity index (χ0) is 16.6. The van der Waals surface area contributed by atoms with Gasteiger partial charge in [-0.15, -0.1) is 0 Å². The molecule has 1 aromatic carbocycles. The molecule has 1 aliphatic heterocycles. The van der Waals surface area contributed by atoms with Crippen molar-refractivity contribution in [3.63, 3.8) is 0 Å². The van der Waals surface area contributed by atoms with E-state index in [2.05, 4.69) is 4.98 Å². The predicted molar refractivity (Wildman–Crippen MR) is 83.4 cm³/mol. The van der Waals surface area contributed by atoms with Gasteiger partial charge in [-0.05, 0) is 36.6 Å². The van der Waals surface area contributed by atoms with Crippen LogP contribution in [0.15, 0.2) is 18.3 Å². The smallest absolute Gasteiger partial charge is 0.212 e. The average Bonchev–Trinajstić information content (AvgIpc) is 2.60. The van der Waals surface area contributed by atoms with Crippen molar-refractivity contribution in [2.75, 3.05) is 13.7 Å². The molecule has 1 aromatic heterocycles.